The van der Waals surface area contributed by atoms with Gasteiger partial charge in [-0.25, -0.2) is 0 Å². The van der Waals surface area contributed by atoms with Crippen molar-refractivity contribution < 1.29 is 4.79 Å². The molecule has 1 nitrogen and oxygen atoms in total. The Kier molecular flexibility index (Phi) is 1.66. The maximum atomic E-state index is 10.6. The number of carbonyl (C=O) groups is 1. The van der Waals surface area contributed by atoms with Crippen LogP contribution in [0, 0.1) is 0 Å². The summed E-state index contributed by atoms with van der Waals surface area (Å²) in [6, 6.07) is 3.83. The molecule has 0 fully saturated rings. The Morgan fingerprint density at radius 2 is 2.50 bits per heavy atom. The molecule has 2 heteroatoms. The molecule has 0 saturated heterocycles. The van der Waals surface area contributed by atoms with Crippen LogP contribution in [0.15, 0.2) is 17.1 Å². The normalized spacial score (nSPS) is 9.12. The van der Waals surface area contributed by atoms with Crippen LogP contribution in [0.2, 0.25) is 0 Å². The zero-order valence-electron chi connectivity index (χ0n) is 4.55. The Labute approximate surface area is 54.1 Å². The SMILES string of the molecule is CC(=O)c1ccc[se]1. The van der Waals surface area contributed by atoms with Gasteiger partial charge >= 0.3 is 53.5 Å². The molecule has 0 atom stereocenters. The summed E-state index contributed by atoms with van der Waals surface area (Å²) in [6.45, 7) is 1.61. The molecule has 0 spiro atoms. The molecule has 1 aromatic heterocycles. The van der Waals surface area contributed by atoms with Crippen molar-refractivity contribution >= 4 is 20.3 Å². The van der Waals surface area contributed by atoms with Crippen molar-refractivity contribution in [3.05, 3.63) is 21.5 Å². The van der Waals surface area contributed by atoms with E-state index >= 15 is 0 Å². The number of rotatable bonds is 1. The van der Waals surface area contributed by atoms with Crippen molar-refractivity contribution in [1.82, 2.24) is 0 Å². The molecule has 0 aromatic carbocycles. The first-order valence-electron chi connectivity index (χ1n) is 2.35. The van der Waals surface area contributed by atoms with E-state index in [0.717, 1.165) is 4.44 Å². The predicted molar refractivity (Wildman–Crippen MR) is 33.4 cm³/mol. The van der Waals surface area contributed by atoms with E-state index in [-0.39, 0.29) is 5.78 Å². The zero-order valence-corrected chi connectivity index (χ0v) is 6.26. The van der Waals surface area contributed by atoms with Crippen LogP contribution >= 0.6 is 0 Å². The van der Waals surface area contributed by atoms with E-state index in [1.54, 1.807) is 6.92 Å². The van der Waals surface area contributed by atoms with E-state index in [1.807, 2.05) is 17.1 Å². The Morgan fingerprint density at radius 3 is 2.75 bits per heavy atom. The number of ketones is 1. The van der Waals surface area contributed by atoms with Crippen LogP contribution in [-0.2, 0) is 0 Å². The van der Waals surface area contributed by atoms with Crippen LogP contribution in [0.3, 0.4) is 0 Å². The van der Waals surface area contributed by atoms with Crippen molar-refractivity contribution in [3.63, 3.8) is 0 Å². The first-order chi connectivity index (χ1) is 3.80. The first kappa shape index (κ1) is 5.80. The Bertz CT molecular complexity index is 176. The van der Waals surface area contributed by atoms with Gasteiger partial charge in [0.2, 0.25) is 0 Å². The molecule has 42 valence electrons. The quantitative estimate of drug-likeness (QED) is 0.456. The van der Waals surface area contributed by atoms with Crippen LogP contribution in [0.4, 0.5) is 0 Å². The van der Waals surface area contributed by atoms with E-state index in [9.17, 15) is 4.79 Å². The van der Waals surface area contributed by atoms with Crippen LogP contribution < -0.4 is 0 Å². The van der Waals surface area contributed by atoms with Gasteiger partial charge in [-0.3, -0.25) is 0 Å². The summed E-state index contributed by atoms with van der Waals surface area (Å²) >= 11 is 0.339. The second-order valence-electron chi connectivity index (χ2n) is 1.53. The van der Waals surface area contributed by atoms with Gasteiger partial charge < -0.3 is 0 Å². The van der Waals surface area contributed by atoms with Crippen LogP contribution in [-0.4, -0.2) is 20.3 Å². The predicted octanol–water partition coefficient (Wildman–Crippen LogP) is 0.946. The molecule has 1 aromatic rings. The summed E-state index contributed by atoms with van der Waals surface area (Å²) in [5, 5.41) is 0. The van der Waals surface area contributed by atoms with Crippen molar-refractivity contribution in [3.8, 4) is 0 Å². The summed E-state index contributed by atoms with van der Waals surface area (Å²) < 4.78 is 0.984. The van der Waals surface area contributed by atoms with Gasteiger partial charge in [-0.2, -0.15) is 0 Å². The molecular weight excluding hydrogens is 167 g/mol. The van der Waals surface area contributed by atoms with Gasteiger partial charge in [0.25, 0.3) is 0 Å². The second kappa shape index (κ2) is 2.29. The van der Waals surface area contributed by atoms with E-state index in [2.05, 4.69) is 0 Å². The van der Waals surface area contributed by atoms with E-state index in [0.29, 0.717) is 14.5 Å². The third-order valence-corrected chi connectivity index (χ3v) is 2.90. The van der Waals surface area contributed by atoms with Crippen molar-refractivity contribution in [2.24, 2.45) is 0 Å². The van der Waals surface area contributed by atoms with Gasteiger partial charge in [-0.1, -0.05) is 0 Å². The minimum atomic E-state index is 0.218. The summed E-state index contributed by atoms with van der Waals surface area (Å²) in [6.07, 6.45) is 0. The number of Topliss-reactive ketones (excluding diaryl/α,β-unsaturated/α-hetero) is 1. The van der Waals surface area contributed by atoms with Gasteiger partial charge in [0, 0.05) is 0 Å². The fourth-order valence-electron chi connectivity index (χ4n) is 0.479. The second-order valence-corrected chi connectivity index (χ2v) is 3.52. The molecule has 0 amide bonds. The van der Waals surface area contributed by atoms with E-state index < -0.39 is 0 Å². The summed E-state index contributed by atoms with van der Waals surface area (Å²) in [5.74, 6) is 0.218. The van der Waals surface area contributed by atoms with Gasteiger partial charge in [0.15, 0.2) is 0 Å². The molecule has 0 bridgehead atoms. The van der Waals surface area contributed by atoms with Crippen molar-refractivity contribution in [2.75, 3.05) is 0 Å². The molecule has 0 aliphatic heterocycles. The number of hydrogen-bond donors (Lipinski definition) is 0. The molecule has 1 heterocycles. The summed E-state index contributed by atoms with van der Waals surface area (Å²) in [4.78, 5) is 12.6. The topological polar surface area (TPSA) is 17.1 Å². The Morgan fingerprint density at radius 1 is 1.75 bits per heavy atom. The molecule has 0 unspecified atom stereocenters. The van der Waals surface area contributed by atoms with Crippen LogP contribution in [0.5, 0.6) is 0 Å². The van der Waals surface area contributed by atoms with Crippen LogP contribution in [0.1, 0.15) is 16.2 Å². The van der Waals surface area contributed by atoms with Gasteiger partial charge in [-0.15, -0.1) is 0 Å². The molecule has 1 rings (SSSR count). The monoisotopic (exact) mass is 174 g/mol. The Balaban J connectivity index is 2.93. The molecule has 0 radical (unpaired) electrons. The standard InChI is InChI=1S/C6H6OSe/c1-5(7)6-3-2-4-8-6/h2-4H,1H3. The molecule has 0 aliphatic carbocycles. The van der Waals surface area contributed by atoms with Gasteiger partial charge in [0.05, 0.1) is 0 Å². The van der Waals surface area contributed by atoms with E-state index in [1.165, 1.54) is 0 Å². The summed E-state index contributed by atoms with van der Waals surface area (Å²) in [5.41, 5.74) is 0. The van der Waals surface area contributed by atoms with Crippen molar-refractivity contribution in [1.29, 1.82) is 0 Å². The molecule has 0 N–H and O–H groups in total. The van der Waals surface area contributed by atoms with Gasteiger partial charge in [-0.05, 0) is 0 Å². The average molecular weight is 173 g/mol. The van der Waals surface area contributed by atoms with Gasteiger partial charge in [0.1, 0.15) is 0 Å². The Hall–Kier alpha value is -0.331. The molecule has 0 saturated carbocycles. The fraction of sp³-hybridized carbons (Fsp3) is 0.167. The average Bonchev–Trinajstić information content (AvgIpc) is 2.12. The minimum absolute atomic E-state index is 0.218. The van der Waals surface area contributed by atoms with E-state index in [4.69, 9.17) is 0 Å². The molecular formula is C6H6OSe. The zero-order chi connectivity index (χ0) is 5.98. The van der Waals surface area contributed by atoms with Crippen molar-refractivity contribution in [2.45, 2.75) is 6.92 Å². The third kappa shape index (κ3) is 1.09. The fourth-order valence-corrected chi connectivity index (χ4v) is 1.79. The number of hydrogen-bond acceptors (Lipinski definition) is 1. The molecule has 0 aliphatic rings. The van der Waals surface area contributed by atoms with Crippen LogP contribution in [0.25, 0.3) is 0 Å². The first-order valence-corrected chi connectivity index (χ1v) is 4.19. The summed E-state index contributed by atoms with van der Waals surface area (Å²) in [7, 11) is 0. The third-order valence-electron chi connectivity index (χ3n) is 0.868. The molecule has 8 heavy (non-hydrogen) atoms. The number of carbonyl (C=O) groups excluding carboxylic acids is 1. The maximum absolute atomic E-state index is 10.6.